The fourth-order valence-electron chi connectivity index (χ4n) is 2.62. The molecule has 3 atom stereocenters. The number of piperidine rings is 1. The fourth-order valence-corrected chi connectivity index (χ4v) is 2.62. The molecule has 2 bridgehead atoms. The molecule has 5 heteroatoms. The molecule has 14 heavy (non-hydrogen) atoms. The summed E-state index contributed by atoms with van der Waals surface area (Å²) in [5.41, 5.74) is -1.01. The SMILES string of the molecule is O=CNC1(C(=O)O)CCN2CCC1C2. The molecule has 0 aliphatic carbocycles. The number of carbonyl (C=O) groups excluding carboxylic acids is 1. The van der Waals surface area contributed by atoms with Crippen molar-refractivity contribution in [2.24, 2.45) is 5.92 Å². The lowest BCUT2D eigenvalue weighted by atomic mass is 9.79. The van der Waals surface area contributed by atoms with Crippen LogP contribution in [0.4, 0.5) is 0 Å². The van der Waals surface area contributed by atoms with Crippen molar-refractivity contribution in [2.75, 3.05) is 19.6 Å². The minimum atomic E-state index is -1.01. The van der Waals surface area contributed by atoms with Crippen LogP contribution in [0.2, 0.25) is 0 Å². The van der Waals surface area contributed by atoms with E-state index in [9.17, 15) is 14.7 Å². The molecule has 2 aliphatic heterocycles. The molecule has 0 radical (unpaired) electrons. The lowest BCUT2D eigenvalue weighted by Crippen LogP contribution is -2.61. The van der Waals surface area contributed by atoms with Crippen LogP contribution in [0, 0.1) is 5.92 Å². The number of amides is 1. The van der Waals surface area contributed by atoms with Gasteiger partial charge in [0.2, 0.25) is 6.41 Å². The van der Waals surface area contributed by atoms with Crippen molar-refractivity contribution in [2.45, 2.75) is 18.4 Å². The highest BCUT2D eigenvalue weighted by Gasteiger charge is 2.51. The molecule has 0 saturated carbocycles. The number of carboxylic acid groups (broad SMARTS) is 1. The van der Waals surface area contributed by atoms with E-state index in [-0.39, 0.29) is 5.92 Å². The van der Waals surface area contributed by atoms with Crippen LogP contribution < -0.4 is 5.32 Å². The Labute approximate surface area is 82.1 Å². The van der Waals surface area contributed by atoms with Gasteiger partial charge >= 0.3 is 5.97 Å². The highest BCUT2D eigenvalue weighted by atomic mass is 16.4. The number of hydrogen-bond acceptors (Lipinski definition) is 3. The first-order valence-corrected chi connectivity index (χ1v) is 4.86. The lowest BCUT2D eigenvalue weighted by Gasteiger charge is -2.38. The fraction of sp³-hybridized carbons (Fsp3) is 0.778. The third kappa shape index (κ3) is 1.19. The summed E-state index contributed by atoms with van der Waals surface area (Å²) < 4.78 is 0. The first-order valence-electron chi connectivity index (χ1n) is 4.86. The Bertz CT molecular complexity index is 269. The molecule has 0 aromatic carbocycles. The molecule has 3 unspecified atom stereocenters. The van der Waals surface area contributed by atoms with Crippen LogP contribution in [0.1, 0.15) is 12.8 Å². The van der Waals surface area contributed by atoms with Crippen LogP contribution in [-0.2, 0) is 9.59 Å². The summed E-state index contributed by atoms with van der Waals surface area (Å²) in [5.74, 6) is -0.824. The van der Waals surface area contributed by atoms with E-state index >= 15 is 0 Å². The third-order valence-electron chi connectivity index (χ3n) is 3.49. The van der Waals surface area contributed by atoms with E-state index in [2.05, 4.69) is 10.2 Å². The normalized spacial score (nSPS) is 40.6. The number of carbonyl (C=O) groups is 2. The van der Waals surface area contributed by atoms with Crippen molar-refractivity contribution in [3.05, 3.63) is 0 Å². The van der Waals surface area contributed by atoms with Gasteiger partial charge in [0.05, 0.1) is 0 Å². The van der Waals surface area contributed by atoms with E-state index in [0.717, 1.165) is 26.1 Å². The highest BCUT2D eigenvalue weighted by molar-refractivity contribution is 5.82. The van der Waals surface area contributed by atoms with Crippen molar-refractivity contribution in [1.29, 1.82) is 0 Å². The summed E-state index contributed by atoms with van der Waals surface area (Å²) in [6.07, 6.45) is 1.90. The molecule has 78 valence electrons. The first kappa shape index (κ1) is 9.45. The van der Waals surface area contributed by atoms with E-state index < -0.39 is 11.5 Å². The number of nitrogens with one attached hydrogen (secondary N) is 1. The van der Waals surface area contributed by atoms with E-state index in [0.29, 0.717) is 12.8 Å². The maximum Gasteiger partial charge on any atom is 0.329 e. The standard InChI is InChI=1S/C9H14N2O3/c12-6-10-9(8(13)14)2-4-11-3-1-7(9)5-11/h6-7H,1-5H2,(H,10,12)(H,13,14). The van der Waals surface area contributed by atoms with Gasteiger partial charge < -0.3 is 15.3 Å². The molecule has 2 heterocycles. The molecule has 2 N–H and O–H groups in total. The smallest absolute Gasteiger partial charge is 0.329 e. The van der Waals surface area contributed by atoms with E-state index in [1.54, 1.807) is 0 Å². The van der Waals surface area contributed by atoms with Gasteiger partial charge in [-0.05, 0) is 19.4 Å². The monoisotopic (exact) mass is 198 g/mol. The predicted molar refractivity (Wildman–Crippen MR) is 48.7 cm³/mol. The van der Waals surface area contributed by atoms with Gasteiger partial charge in [0.25, 0.3) is 0 Å². The Kier molecular flexibility index (Phi) is 2.19. The topological polar surface area (TPSA) is 69.6 Å². The number of fused-ring (bicyclic) bond motifs is 2. The van der Waals surface area contributed by atoms with Gasteiger partial charge in [0.15, 0.2) is 0 Å². The second-order valence-corrected chi connectivity index (χ2v) is 4.07. The molecular weight excluding hydrogens is 184 g/mol. The molecular formula is C9H14N2O3. The largest absolute Gasteiger partial charge is 0.479 e. The van der Waals surface area contributed by atoms with Gasteiger partial charge in [-0.3, -0.25) is 4.79 Å². The maximum atomic E-state index is 11.2. The molecule has 0 aromatic heterocycles. The number of hydrogen-bond donors (Lipinski definition) is 2. The molecule has 0 spiro atoms. The van der Waals surface area contributed by atoms with Crippen LogP contribution in [0.25, 0.3) is 0 Å². The Morgan fingerprint density at radius 1 is 1.57 bits per heavy atom. The highest BCUT2D eigenvalue weighted by Crippen LogP contribution is 2.35. The second kappa shape index (κ2) is 3.24. The first-order chi connectivity index (χ1) is 6.69. The average molecular weight is 198 g/mol. The molecule has 2 fully saturated rings. The van der Waals surface area contributed by atoms with Crippen LogP contribution in [-0.4, -0.2) is 47.6 Å². The van der Waals surface area contributed by atoms with Crippen molar-refractivity contribution in [3.63, 3.8) is 0 Å². The van der Waals surface area contributed by atoms with Gasteiger partial charge in [-0.2, -0.15) is 0 Å². The van der Waals surface area contributed by atoms with Gasteiger partial charge in [0, 0.05) is 19.0 Å². The van der Waals surface area contributed by atoms with Crippen molar-refractivity contribution in [1.82, 2.24) is 10.2 Å². The zero-order valence-corrected chi connectivity index (χ0v) is 7.90. The zero-order valence-electron chi connectivity index (χ0n) is 7.90. The predicted octanol–water partition coefficient (Wildman–Crippen LogP) is -0.719. The summed E-state index contributed by atoms with van der Waals surface area (Å²) in [7, 11) is 0. The number of rotatable bonds is 3. The second-order valence-electron chi connectivity index (χ2n) is 4.07. The maximum absolute atomic E-state index is 11.2. The Hall–Kier alpha value is -1.10. The van der Waals surface area contributed by atoms with Gasteiger partial charge in [0.1, 0.15) is 5.54 Å². The summed E-state index contributed by atoms with van der Waals surface area (Å²) in [6, 6.07) is 0. The van der Waals surface area contributed by atoms with E-state index in [4.69, 9.17) is 0 Å². The minimum Gasteiger partial charge on any atom is -0.479 e. The molecule has 2 aliphatic rings. The van der Waals surface area contributed by atoms with Crippen LogP contribution in [0.5, 0.6) is 0 Å². The van der Waals surface area contributed by atoms with Gasteiger partial charge in [-0.15, -0.1) is 0 Å². The van der Waals surface area contributed by atoms with Gasteiger partial charge in [-0.25, -0.2) is 4.79 Å². The molecule has 2 saturated heterocycles. The van der Waals surface area contributed by atoms with Crippen molar-refractivity contribution in [3.8, 4) is 0 Å². The van der Waals surface area contributed by atoms with Gasteiger partial charge in [-0.1, -0.05) is 0 Å². The quantitative estimate of drug-likeness (QED) is 0.587. The van der Waals surface area contributed by atoms with Crippen LogP contribution in [0.15, 0.2) is 0 Å². The number of aliphatic carboxylic acids is 1. The zero-order chi connectivity index (χ0) is 10.2. The Morgan fingerprint density at radius 2 is 2.36 bits per heavy atom. The average Bonchev–Trinajstić information content (AvgIpc) is 2.55. The molecule has 1 amide bonds. The molecule has 0 aromatic rings. The summed E-state index contributed by atoms with van der Waals surface area (Å²) >= 11 is 0. The van der Waals surface area contributed by atoms with Crippen LogP contribution >= 0.6 is 0 Å². The number of carboxylic acids is 1. The van der Waals surface area contributed by atoms with Crippen LogP contribution in [0.3, 0.4) is 0 Å². The van der Waals surface area contributed by atoms with Crippen molar-refractivity contribution < 1.29 is 14.7 Å². The summed E-state index contributed by atoms with van der Waals surface area (Å²) in [6.45, 7) is 2.52. The van der Waals surface area contributed by atoms with E-state index in [1.807, 2.05) is 0 Å². The number of nitrogens with zero attached hydrogens (tertiary/aromatic N) is 1. The Morgan fingerprint density at radius 3 is 3.00 bits per heavy atom. The van der Waals surface area contributed by atoms with E-state index in [1.165, 1.54) is 0 Å². The Balaban J connectivity index is 2.24. The summed E-state index contributed by atoms with van der Waals surface area (Å²) in [4.78, 5) is 23.9. The molecule has 5 nitrogen and oxygen atoms in total. The summed E-state index contributed by atoms with van der Waals surface area (Å²) in [5, 5.41) is 11.7. The third-order valence-corrected chi connectivity index (χ3v) is 3.49. The minimum absolute atomic E-state index is 0.0685. The lowest BCUT2D eigenvalue weighted by molar-refractivity contribution is -0.150. The van der Waals surface area contributed by atoms with Crippen molar-refractivity contribution >= 4 is 12.4 Å². The molecule has 2 rings (SSSR count).